The van der Waals surface area contributed by atoms with Gasteiger partial charge in [0.05, 0.1) is 0 Å². The summed E-state index contributed by atoms with van der Waals surface area (Å²) < 4.78 is 0. The maximum absolute atomic E-state index is 2.30. The van der Waals surface area contributed by atoms with Crippen molar-refractivity contribution in [3.8, 4) is 0 Å². The minimum Gasteiger partial charge on any atom is -1.00 e. The number of rotatable bonds is 2. The molecular formula is C30H26Cl2Zr. The fourth-order valence-corrected chi connectivity index (χ4v) is 4.46. The molecule has 3 heteroatoms. The third kappa shape index (κ3) is 5.43. The smallest absolute Gasteiger partial charge is 1.00 e. The second kappa shape index (κ2) is 12.0. The summed E-state index contributed by atoms with van der Waals surface area (Å²) in [5, 5.41) is 10.9. The normalized spacial score (nSPS) is 10.2. The Morgan fingerprint density at radius 2 is 0.848 bits per heavy atom. The number of aryl methyl sites for hydroxylation is 2. The van der Waals surface area contributed by atoms with Gasteiger partial charge in [-0.15, -0.1) is 79.5 Å². The molecule has 6 rings (SSSR count). The molecule has 0 nitrogen and oxygen atoms in total. The molecule has 0 aliphatic rings. The van der Waals surface area contributed by atoms with Gasteiger partial charge in [0.2, 0.25) is 0 Å². The number of halogens is 2. The molecule has 164 valence electrons. The number of fused-ring (bicyclic) bond motifs is 6. The molecule has 33 heavy (non-hydrogen) atoms. The Hall–Kier alpha value is -1.92. The standard InChI is InChI=1S/2C15H13.2ClH.Zr/c2*1-2-11-7-8-15-13(9-11)10-12-5-3-4-6-14(12)15;;;/h2*3-10H,2H2,1H3;2*1H;/q2*-1;;;+4/p-2. The fraction of sp³-hybridized carbons (Fsp3) is 0.133. The minimum absolute atomic E-state index is 0. The van der Waals surface area contributed by atoms with Crippen LogP contribution in [0.25, 0.3) is 43.1 Å². The van der Waals surface area contributed by atoms with Gasteiger partial charge in [0.15, 0.2) is 0 Å². The summed E-state index contributed by atoms with van der Waals surface area (Å²) in [7, 11) is 0. The van der Waals surface area contributed by atoms with Crippen LogP contribution in [0, 0.1) is 0 Å². The second-order valence-electron chi connectivity index (χ2n) is 8.01. The van der Waals surface area contributed by atoms with Gasteiger partial charge in [-0.25, -0.2) is 0 Å². The van der Waals surface area contributed by atoms with Crippen LogP contribution in [0.3, 0.4) is 0 Å². The zero-order valence-electron chi connectivity index (χ0n) is 18.9. The Balaban J connectivity index is 0.000000214. The Morgan fingerprint density at radius 3 is 1.24 bits per heavy atom. The predicted molar refractivity (Wildman–Crippen MR) is 133 cm³/mol. The summed E-state index contributed by atoms with van der Waals surface area (Å²) in [4.78, 5) is 0. The molecule has 6 aromatic rings. The van der Waals surface area contributed by atoms with Gasteiger partial charge in [0, 0.05) is 0 Å². The van der Waals surface area contributed by atoms with Crippen molar-refractivity contribution in [1.82, 2.24) is 0 Å². The van der Waals surface area contributed by atoms with E-state index in [9.17, 15) is 0 Å². The topological polar surface area (TPSA) is 0 Å². The molecule has 0 spiro atoms. The molecule has 6 aromatic carbocycles. The van der Waals surface area contributed by atoms with E-state index in [0.29, 0.717) is 0 Å². The van der Waals surface area contributed by atoms with Crippen molar-refractivity contribution in [3.05, 3.63) is 108 Å². The molecule has 0 atom stereocenters. The summed E-state index contributed by atoms with van der Waals surface area (Å²) in [6.45, 7) is 4.40. The van der Waals surface area contributed by atoms with Gasteiger partial charge < -0.3 is 24.8 Å². The van der Waals surface area contributed by atoms with Crippen LogP contribution in [0.4, 0.5) is 0 Å². The second-order valence-corrected chi connectivity index (χ2v) is 8.01. The van der Waals surface area contributed by atoms with Crippen LogP contribution in [0.5, 0.6) is 0 Å². The first-order valence-corrected chi connectivity index (χ1v) is 10.9. The summed E-state index contributed by atoms with van der Waals surface area (Å²) in [6.07, 6.45) is 2.22. The van der Waals surface area contributed by atoms with Gasteiger partial charge in [-0.05, 0) is 12.8 Å². The van der Waals surface area contributed by atoms with E-state index in [2.05, 4.69) is 111 Å². The van der Waals surface area contributed by atoms with Gasteiger partial charge >= 0.3 is 26.2 Å². The number of benzene rings is 4. The maximum Gasteiger partial charge on any atom is 4.00 e. The van der Waals surface area contributed by atoms with Crippen molar-refractivity contribution < 1.29 is 51.0 Å². The zero-order chi connectivity index (χ0) is 20.5. The first-order valence-electron chi connectivity index (χ1n) is 10.9. The van der Waals surface area contributed by atoms with E-state index in [1.54, 1.807) is 0 Å². The Labute approximate surface area is 227 Å². The molecule has 0 saturated carbocycles. The monoisotopic (exact) mass is 546 g/mol. The fourth-order valence-electron chi connectivity index (χ4n) is 4.46. The molecule has 0 aromatic heterocycles. The van der Waals surface area contributed by atoms with E-state index in [1.165, 1.54) is 54.2 Å². The van der Waals surface area contributed by atoms with Crippen molar-refractivity contribution in [2.24, 2.45) is 0 Å². The summed E-state index contributed by atoms with van der Waals surface area (Å²) in [5.41, 5.74) is 2.83. The number of hydrogen-bond acceptors (Lipinski definition) is 0. The van der Waals surface area contributed by atoms with Crippen LogP contribution in [0.15, 0.2) is 97.1 Å². The third-order valence-electron chi connectivity index (χ3n) is 6.17. The largest absolute Gasteiger partial charge is 4.00 e. The molecular weight excluding hydrogens is 522 g/mol. The van der Waals surface area contributed by atoms with Crippen molar-refractivity contribution in [2.75, 3.05) is 0 Å². The number of hydrogen-bond donors (Lipinski definition) is 0. The van der Waals surface area contributed by atoms with Crippen molar-refractivity contribution in [3.63, 3.8) is 0 Å². The molecule has 0 amide bonds. The van der Waals surface area contributed by atoms with E-state index in [0.717, 1.165) is 12.8 Å². The summed E-state index contributed by atoms with van der Waals surface area (Å²) in [6, 6.07) is 35.3. The van der Waals surface area contributed by atoms with E-state index in [4.69, 9.17) is 0 Å². The van der Waals surface area contributed by atoms with E-state index in [-0.39, 0.29) is 51.0 Å². The Bertz CT molecular complexity index is 1360. The van der Waals surface area contributed by atoms with E-state index < -0.39 is 0 Å². The first kappa shape index (κ1) is 27.3. The van der Waals surface area contributed by atoms with Crippen molar-refractivity contribution >= 4 is 43.1 Å². The van der Waals surface area contributed by atoms with Gasteiger partial charge in [-0.1, -0.05) is 85.6 Å². The van der Waals surface area contributed by atoms with Crippen molar-refractivity contribution in [1.29, 1.82) is 0 Å². The Morgan fingerprint density at radius 1 is 0.485 bits per heavy atom. The Kier molecular flexibility index (Phi) is 9.92. The molecule has 0 radical (unpaired) electrons. The third-order valence-corrected chi connectivity index (χ3v) is 6.17. The quantitative estimate of drug-likeness (QED) is 0.292. The average Bonchev–Trinajstić information content (AvgIpc) is 3.36. The molecule has 0 aliphatic heterocycles. The molecule has 0 heterocycles. The van der Waals surface area contributed by atoms with Crippen LogP contribution in [-0.2, 0) is 39.0 Å². The molecule has 0 saturated heterocycles. The molecule has 0 bridgehead atoms. The van der Waals surface area contributed by atoms with Crippen LogP contribution in [0.2, 0.25) is 0 Å². The minimum atomic E-state index is 0. The van der Waals surface area contributed by atoms with Gasteiger partial charge in [-0.2, -0.15) is 0 Å². The van der Waals surface area contributed by atoms with Gasteiger partial charge in [-0.3, -0.25) is 0 Å². The van der Waals surface area contributed by atoms with Gasteiger partial charge in [0.25, 0.3) is 0 Å². The van der Waals surface area contributed by atoms with Gasteiger partial charge in [0.1, 0.15) is 0 Å². The van der Waals surface area contributed by atoms with E-state index >= 15 is 0 Å². The average molecular weight is 549 g/mol. The summed E-state index contributed by atoms with van der Waals surface area (Å²) in [5.74, 6) is 0. The van der Waals surface area contributed by atoms with E-state index in [1.807, 2.05) is 0 Å². The zero-order valence-corrected chi connectivity index (χ0v) is 22.9. The summed E-state index contributed by atoms with van der Waals surface area (Å²) >= 11 is 0. The maximum atomic E-state index is 2.30. The van der Waals surface area contributed by atoms with Crippen LogP contribution >= 0.6 is 0 Å². The first-order chi connectivity index (χ1) is 14.8. The van der Waals surface area contributed by atoms with Crippen LogP contribution < -0.4 is 24.8 Å². The molecule has 0 aliphatic carbocycles. The molecule has 0 N–H and O–H groups in total. The van der Waals surface area contributed by atoms with Crippen molar-refractivity contribution in [2.45, 2.75) is 26.7 Å². The molecule has 0 unspecified atom stereocenters. The van der Waals surface area contributed by atoms with Crippen LogP contribution in [0.1, 0.15) is 25.0 Å². The predicted octanol–water partition coefficient (Wildman–Crippen LogP) is 2.55. The molecule has 0 fully saturated rings. The van der Waals surface area contributed by atoms with Crippen LogP contribution in [-0.4, -0.2) is 0 Å². The SMILES string of the molecule is CCc1ccc2c(c1)[cH-]c1ccccc12.CCc1ccc2c(c1)[cH-]c1ccccc12.[Cl-].[Cl-].[Zr+4].